The molecule has 0 saturated carbocycles. The van der Waals surface area contributed by atoms with Crippen LogP contribution in [-0.4, -0.2) is 18.4 Å². The maximum Gasteiger partial charge on any atom is 0.262 e. The number of carbonyl (C=O) groups excluding carboxylic acids is 1. The minimum Gasteiger partial charge on any atom is -0.468 e. The number of anilines is 2. The van der Waals surface area contributed by atoms with Crippen LogP contribution in [0.3, 0.4) is 0 Å². The molecule has 0 aliphatic carbocycles. The standard InChI is InChI=1S/C15H15N3O2/c16-12-6-4-5-11(9-12)15(17)20-10-14(19)18-13-7-2-1-3-8-13/h1-9,17H,10,16H2,(H,18,19). The van der Waals surface area contributed by atoms with Gasteiger partial charge >= 0.3 is 0 Å². The summed E-state index contributed by atoms with van der Waals surface area (Å²) >= 11 is 0. The minimum absolute atomic E-state index is 0.0829. The molecule has 0 aromatic heterocycles. The molecule has 20 heavy (non-hydrogen) atoms. The molecule has 2 aromatic rings. The molecule has 4 N–H and O–H groups in total. The van der Waals surface area contributed by atoms with E-state index in [9.17, 15) is 4.79 Å². The largest absolute Gasteiger partial charge is 0.468 e. The van der Waals surface area contributed by atoms with Crippen LogP contribution in [0.2, 0.25) is 0 Å². The molecule has 2 aromatic carbocycles. The zero-order valence-corrected chi connectivity index (χ0v) is 10.8. The molecule has 0 aliphatic rings. The summed E-state index contributed by atoms with van der Waals surface area (Å²) in [5, 5.41) is 10.4. The van der Waals surface area contributed by atoms with Crippen LogP contribution in [0.5, 0.6) is 0 Å². The summed E-state index contributed by atoms with van der Waals surface area (Å²) in [6, 6.07) is 15.8. The smallest absolute Gasteiger partial charge is 0.262 e. The number of nitrogens with two attached hydrogens (primary N) is 1. The van der Waals surface area contributed by atoms with E-state index >= 15 is 0 Å². The molecule has 1 amide bonds. The van der Waals surface area contributed by atoms with Crippen molar-refractivity contribution in [3.05, 3.63) is 60.2 Å². The van der Waals surface area contributed by atoms with Gasteiger partial charge in [-0.25, -0.2) is 0 Å². The number of nitrogen functional groups attached to an aromatic ring is 1. The quantitative estimate of drug-likeness (QED) is 0.452. The van der Waals surface area contributed by atoms with E-state index in [1.54, 1.807) is 36.4 Å². The first kappa shape index (κ1) is 13.6. The molecule has 5 nitrogen and oxygen atoms in total. The highest BCUT2D eigenvalue weighted by molar-refractivity contribution is 5.96. The second-order valence-corrected chi connectivity index (χ2v) is 4.16. The number of rotatable bonds is 4. The molecule has 0 heterocycles. The van der Waals surface area contributed by atoms with Crippen LogP contribution < -0.4 is 11.1 Å². The molecule has 5 heteroatoms. The van der Waals surface area contributed by atoms with Gasteiger partial charge in [-0.05, 0) is 30.3 Å². The molecule has 0 fully saturated rings. The Balaban J connectivity index is 1.86. The van der Waals surface area contributed by atoms with Crippen molar-refractivity contribution >= 4 is 23.2 Å². The molecular formula is C15H15N3O2. The van der Waals surface area contributed by atoms with E-state index in [1.807, 2.05) is 18.2 Å². The van der Waals surface area contributed by atoms with E-state index in [0.717, 1.165) is 0 Å². The van der Waals surface area contributed by atoms with Gasteiger partial charge in [0.2, 0.25) is 5.90 Å². The number of ether oxygens (including phenoxy) is 1. The van der Waals surface area contributed by atoms with E-state index in [-0.39, 0.29) is 18.4 Å². The lowest BCUT2D eigenvalue weighted by Gasteiger charge is -2.08. The molecule has 0 saturated heterocycles. The van der Waals surface area contributed by atoms with Crippen molar-refractivity contribution in [2.24, 2.45) is 0 Å². The number of hydrogen-bond donors (Lipinski definition) is 3. The Kier molecular flexibility index (Phi) is 4.34. The molecule has 0 unspecified atom stereocenters. The Morgan fingerprint density at radius 2 is 1.90 bits per heavy atom. The fraction of sp³-hybridized carbons (Fsp3) is 0.0667. The first-order valence-corrected chi connectivity index (χ1v) is 6.07. The van der Waals surface area contributed by atoms with Crippen molar-refractivity contribution in [2.75, 3.05) is 17.7 Å². The Hall–Kier alpha value is -2.82. The van der Waals surface area contributed by atoms with Gasteiger partial charge in [0.1, 0.15) is 0 Å². The van der Waals surface area contributed by atoms with E-state index in [2.05, 4.69) is 5.32 Å². The third kappa shape index (κ3) is 3.84. The Morgan fingerprint density at radius 3 is 2.60 bits per heavy atom. The van der Waals surface area contributed by atoms with Crippen LogP contribution in [0.25, 0.3) is 0 Å². The van der Waals surface area contributed by atoms with Crippen LogP contribution in [0.1, 0.15) is 5.56 Å². The van der Waals surface area contributed by atoms with Gasteiger partial charge in [0.25, 0.3) is 5.91 Å². The molecule has 2 rings (SSSR count). The summed E-state index contributed by atoms with van der Waals surface area (Å²) in [6.07, 6.45) is 0. The molecule has 0 bridgehead atoms. The zero-order chi connectivity index (χ0) is 14.4. The van der Waals surface area contributed by atoms with Crippen LogP contribution in [0.15, 0.2) is 54.6 Å². The topological polar surface area (TPSA) is 88.2 Å². The van der Waals surface area contributed by atoms with E-state index in [4.69, 9.17) is 15.9 Å². The second-order valence-electron chi connectivity index (χ2n) is 4.16. The highest BCUT2D eigenvalue weighted by Gasteiger charge is 2.07. The van der Waals surface area contributed by atoms with Gasteiger partial charge in [-0.2, -0.15) is 0 Å². The van der Waals surface area contributed by atoms with Gasteiger partial charge in [0, 0.05) is 16.9 Å². The van der Waals surface area contributed by atoms with Crippen LogP contribution in [0.4, 0.5) is 11.4 Å². The van der Waals surface area contributed by atoms with Crippen LogP contribution in [-0.2, 0) is 9.53 Å². The molecule has 0 atom stereocenters. The van der Waals surface area contributed by atoms with Crippen molar-refractivity contribution < 1.29 is 9.53 Å². The number of para-hydroxylation sites is 1. The lowest BCUT2D eigenvalue weighted by Crippen LogP contribution is -2.20. The fourth-order valence-corrected chi connectivity index (χ4v) is 1.62. The van der Waals surface area contributed by atoms with E-state index < -0.39 is 0 Å². The monoisotopic (exact) mass is 269 g/mol. The normalized spacial score (nSPS) is 9.80. The Bertz CT molecular complexity index is 612. The van der Waals surface area contributed by atoms with E-state index in [1.165, 1.54) is 0 Å². The summed E-state index contributed by atoms with van der Waals surface area (Å²) in [6.45, 7) is -0.220. The van der Waals surface area contributed by atoms with Gasteiger partial charge in [0.15, 0.2) is 6.61 Å². The highest BCUT2D eigenvalue weighted by atomic mass is 16.5. The number of benzene rings is 2. The summed E-state index contributed by atoms with van der Waals surface area (Å²) in [5.41, 5.74) is 7.40. The van der Waals surface area contributed by atoms with Gasteiger partial charge in [-0.1, -0.05) is 24.3 Å². The Labute approximate surface area is 116 Å². The summed E-state index contributed by atoms with van der Waals surface area (Å²) in [5.74, 6) is -0.398. The molecule has 102 valence electrons. The molecular weight excluding hydrogens is 254 g/mol. The lowest BCUT2D eigenvalue weighted by atomic mass is 10.2. The van der Waals surface area contributed by atoms with Crippen molar-refractivity contribution in [3.63, 3.8) is 0 Å². The minimum atomic E-state index is -0.315. The van der Waals surface area contributed by atoms with Gasteiger partial charge in [-0.3, -0.25) is 10.2 Å². The predicted molar refractivity (Wildman–Crippen MR) is 78.7 cm³/mol. The molecule has 0 spiro atoms. The highest BCUT2D eigenvalue weighted by Crippen LogP contribution is 2.08. The summed E-state index contributed by atoms with van der Waals surface area (Å²) < 4.78 is 5.13. The Morgan fingerprint density at radius 1 is 1.15 bits per heavy atom. The van der Waals surface area contributed by atoms with E-state index in [0.29, 0.717) is 16.9 Å². The number of nitrogens with one attached hydrogen (secondary N) is 2. The van der Waals surface area contributed by atoms with Gasteiger partial charge in [0.05, 0.1) is 0 Å². The van der Waals surface area contributed by atoms with Gasteiger partial charge in [-0.15, -0.1) is 0 Å². The molecule has 0 aliphatic heterocycles. The summed E-state index contributed by atoms with van der Waals surface area (Å²) in [7, 11) is 0. The third-order valence-electron chi connectivity index (χ3n) is 2.55. The SMILES string of the molecule is N=C(OCC(=O)Nc1ccccc1)c1cccc(N)c1. The lowest BCUT2D eigenvalue weighted by molar-refractivity contribution is -0.118. The van der Waals surface area contributed by atoms with Crippen LogP contribution >= 0.6 is 0 Å². The average molecular weight is 269 g/mol. The van der Waals surface area contributed by atoms with Crippen LogP contribution in [0, 0.1) is 5.41 Å². The van der Waals surface area contributed by atoms with Gasteiger partial charge < -0.3 is 15.8 Å². The summed E-state index contributed by atoms with van der Waals surface area (Å²) in [4.78, 5) is 11.7. The number of hydrogen-bond acceptors (Lipinski definition) is 4. The fourth-order valence-electron chi connectivity index (χ4n) is 1.62. The van der Waals surface area contributed by atoms with Crippen molar-refractivity contribution in [3.8, 4) is 0 Å². The molecule has 0 radical (unpaired) electrons. The van der Waals surface area contributed by atoms with Crippen molar-refractivity contribution in [1.82, 2.24) is 0 Å². The van der Waals surface area contributed by atoms with Crippen molar-refractivity contribution in [2.45, 2.75) is 0 Å². The average Bonchev–Trinajstić information content (AvgIpc) is 2.46. The second kappa shape index (κ2) is 6.38. The first-order valence-electron chi connectivity index (χ1n) is 6.07. The predicted octanol–water partition coefficient (Wildman–Crippen LogP) is 2.25. The zero-order valence-electron chi connectivity index (χ0n) is 10.8. The number of amides is 1. The maximum atomic E-state index is 11.7. The third-order valence-corrected chi connectivity index (χ3v) is 2.55. The van der Waals surface area contributed by atoms with Crippen molar-refractivity contribution in [1.29, 1.82) is 5.41 Å². The maximum absolute atomic E-state index is 11.7. The number of carbonyl (C=O) groups is 1. The first-order chi connectivity index (χ1) is 9.65.